The van der Waals surface area contributed by atoms with E-state index in [2.05, 4.69) is 28.6 Å². The van der Waals surface area contributed by atoms with Gasteiger partial charge < -0.3 is 4.57 Å². The summed E-state index contributed by atoms with van der Waals surface area (Å²) < 4.78 is 2.36. The van der Waals surface area contributed by atoms with E-state index in [9.17, 15) is 0 Å². The third-order valence-corrected chi connectivity index (χ3v) is 4.82. The van der Waals surface area contributed by atoms with Crippen LogP contribution in [-0.2, 0) is 6.54 Å². The lowest BCUT2D eigenvalue weighted by molar-refractivity contribution is 0.321. The van der Waals surface area contributed by atoms with Gasteiger partial charge in [-0.2, -0.15) is 5.10 Å². The molecule has 3 nitrogen and oxygen atoms in total. The molecule has 1 fully saturated rings. The summed E-state index contributed by atoms with van der Waals surface area (Å²) in [4.78, 5) is 0. The second kappa shape index (κ2) is 5.12. The van der Waals surface area contributed by atoms with E-state index in [1.165, 1.54) is 43.4 Å². The summed E-state index contributed by atoms with van der Waals surface area (Å²) in [6, 6.07) is 0. The Kier molecular flexibility index (Phi) is 3.48. The average molecular weight is 278 g/mol. The highest BCUT2D eigenvalue weighted by Gasteiger charge is 2.19. The highest BCUT2D eigenvalue weighted by molar-refractivity contribution is 6.33. The van der Waals surface area contributed by atoms with E-state index < -0.39 is 0 Å². The zero-order chi connectivity index (χ0) is 13.4. The van der Waals surface area contributed by atoms with Gasteiger partial charge in [0.2, 0.25) is 0 Å². The normalized spacial score (nSPS) is 17.2. The molecule has 0 bridgehead atoms. The molecule has 0 saturated heterocycles. The highest BCUT2D eigenvalue weighted by Crippen LogP contribution is 2.32. The van der Waals surface area contributed by atoms with E-state index in [0.29, 0.717) is 5.15 Å². The minimum absolute atomic E-state index is 0.532. The summed E-state index contributed by atoms with van der Waals surface area (Å²) in [6.45, 7) is 5.39. The van der Waals surface area contributed by atoms with Crippen molar-refractivity contribution in [2.75, 3.05) is 0 Å². The maximum atomic E-state index is 6.27. The lowest BCUT2D eigenvalue weighted by Gasteiger charge is -2.23. The molecule has 1 saturated carbocycles. The van der Waals surface area contributed by atoms with Gasteiger partial charge in [0.15, 0.2) is 5.15 Å². The van der Waals surface area contributed by atoms with Crippen LogP contribution in [0.2, 0.25) is 5.15 Å². The van der Waals surface area contributed by atoms with Crippen LogP contribution >= 0.6 is 11.6 Å². The van der Waals surface area contributed by atoms with Crippen molar-refractivity contribution in [3.8, 4) is 0 Å². The molecule has 2 heterocycles. The van der Waals surface area contributed by atoms with Gasteiger partial charge in [-0.3, -0.25) is 0 Å². The molecular formula is C15H20ClN3. The Morgan fingerprint density at radius 3 is 2.74 bits per heavy atom. The van der Waals surface area contributed by atoms with Crippen molar-refractivity contribution < 1.29 is 0 Å². The Morgan fingerprint density at radius 2 is 2.00 bits per heavy atom. The smallest absolute Gasteiger partial charge is 0.175 e. The topological polar surface area (TPSA) is 30.7 Å². The maximum Gasteiger partial charge on any atom is 0.175 e. The van der Waals surface area contributed by atoms with Crippen LogP contribution < -0.4 is 0 Å². The number of hydrogen-bond donors (Lipinski definition) is 0. The number of nitrogens with zero attached hydrogens (tertiary/aromatic N) is 3. The van der Waals surface area contributed by atoms with Gasteiger partial charge in [0.25, 0.3) is 0 Å². The standard InChI is InChI=1S/C15H20ClN3/c1-10-11(2)19(9-12-6-4-3-5-7-12)14-13(10)8-17-18-15(14)16/h8,12H,3-7,9H2,1-2H3. The molecule has 0 atom stereocenters. The Balaban J connectivity index is 2.04. The van der Waals surface area contributed by atoms with Crippen LogP contribution in [0.3, 0.4) is 0 Å². The van der Waals surface area contributed by atoms with Gasteiger partial charge in [-0.25, -0.2) is 0 Å². The minimum atomic E-state index is 0.532. The number of aromatic nitrogens is 3. The molecule has 0 aliphatic heterocycles. The second-order valence-corrected chi connectivity index (χ2v) is 6.08. The molecule has 102 valence electrons. The first-order valence-electron chi connectivity index (χ1n) is 7.15. The van der Waals surface area contributed by atoms with Gasteiger partial charge in [-0.15, -0.1) is 5.10 Å². The predicted molar refractivity (Wildman–Crippen MR) is 78.6 cm³/mol. The van der Waals surface area contributed by atoms with Crippen molar-refractivity contribution >= 4 is 22.5 Å². The molecule has 0 aromatic carbocycles. The van der Waals surface area contributed by atoms with Gasteiger partial charge in [0.05, 0.1) is 11.7 Å². The van der Waals surface area contributed by atoms with Crippen LogP contribution in [0.1, 0.15) is 43.4 Å². The van der Waals surface area contributed by atoms with Crippen molar-refractivity contribution in [3.63, 3.8) is 0 Å². The summed E-state index contributed by atoms with van der Waals surface area (Å²) in [5, 5.41) is 9.67. The molecule has 0 spiro atoms. The summed E-state index contributed by atoms with van der Waals surface area (Å²) in [6.07, 6.45) is 8.65. The Hall–Kier alpha value is -1.09. The fraction of sp³-hybridized carbons (Fsp3) is 0.600. The van der Waals surface area contributed by atoms with Crippen LogP contribution in [0, 0.1) is 19.8 Å². The van der Waals surface area contributed by atoms with Crippen LogP contribution in [0.15, 0.2) is 6.20 Å². The Bertz CT molecular complexity index is 597. The van der Waals surface area contributed by atoms with E-state index in [1.807, 2.05) is 6.20 Å². The predicted octanol–water partition coefficient (Wildman–Crippen LogP) is 4.28. The maximum absolute atomic E-state index is 6.27. The van der Waals surface area contributed by atoms with Crippen molar-refractivity contribution in [2.24, 2.45) is 5.92 Å². The molecular weight excluding hydrogens is 258 g/mol. The molecule has 0 radical (unpaired) electrons. The van der Waals surface area contributed by atoms with Gasteiger partial charge in [-0.05, 0) is 38.2 Å². The number of halogens is 1. The molecule has 1 aliphatic carbocycles. The highest BCUT2D eigenvalue weighted by atomic mass is 35.5. The quantitative estimate of drug-likeness (QED) is 0.820. The summed E-state index contributed by atoms with van der Waals surface area (Å²) in [7, 11) is 0. The van der Waals surface area contributed by atoms with Crippen molar-refractivity contribution in [3.05, 3.63) is 22.6 Å². The zero-order valence-electron chi connectivity index (χ0n) is 11.6. The fourth-order valence-electron chi connectivity index (χ4n) is 3.31. The van der Waals surface area contributed by atoms with Crippen LogP contribution in [0.25, 0.3) is 10.9 Å². The lowest BCUT2D eigenvalue weighted by atomic mass is 9.89. The van der Waals surface area contributed by atoms with Gasteiger partial charge in [0.1, 0.15) is 0 Å². The molecule has 0 N–H and O–H groups in total. The van der Waals surface area contributed by atoms with Crippen molar-refractivity contribution in [1.29, 1.82) is 0 Å². The van der Waals surface area contributed by atoms with Crippen LogP contribution in [-0.4, -0.2) is 14.8 Å². The summed E-state index contributed by atoms with van der Waals surface area (Å²) >= 11 is 6.27. The molecule has 0 amide bonds. The first kappa shape index (κ1) is 12.9. The van der Waals surface area contributed by atoms with E-state index in [1.54, 1.807) is 0 Å². The number of fused-ring (bicyclic) bond motifs is 1. The van der Waals surface area contributed by atoms with E-state index >= 15 is 0 Å². The number of hydrogen-bond acceptors (Lipinski definition) is 2. The summed E-state index contributed by atoms with van der Waals surface area (Å²) in [5.74, 6) is 0.784. The second-order valence-electron chi connectivity index (χ2n) is 5.72. The largest absolute Gasteiger partial charge is 0.342 e. The van der Waals surface area contributed by atoms with Crippen LogP contribution in [0.5, 0.6) is 0 Å². The third-order valence-electron chi connectivity index (χ3n) is 4.57. The minimum Gasteiger partial charge on any atom is -0.342 e. The lowest BCUT2D eigenvalue weighted by Crippen LogP contribution is -2.15. The number of rotatable bonds is 2. The van der Waals surface area contributed by atoms with Gasteiger partial charge >= 0.3 is 0 Å². The van der Waals surface area contributed by atoms with E-state index in [4.69, 9.17) is 11.6 Å². The monoisotopic (exact) mass is 277 g/mol. The first-order chi connectivity index (χ1) is 9.18. The average Bonchev–Trinajstić information content (AvgIpc) is 2.67. The molecule has 0 unspecified atom stereocenters. The van der Waals surface area contributed by atoms with Crippen molar-refractivity contribution in [1.82, 2.24) is 14.8 Å². The molecule has 2 aromatic rings. The fourth-order valence-corrected chi connectivity index (χ4v) is 3.56. The molecule has 3 rings (SSSR count). The van der Waals surface area contributed by atoms with Gasteiger partial charge in [-0.1, -0.05) is 30.9 Å². The Labute approximate surface area is 119 Å². The molecule has 4 heteroatoms. The molecule has 19 heavy (non-hydrogen) atoms. The Morgan fingerprint density at radius 1 is 1.26 bits per heavy atom. The third kappa shape index (κ3) is 2.25. The first-order valence-corrected chi connectivity index (χ1v) is 7.53. The SMILES string of the molecule is Cc1c(C)n(CC2CCCCC2)c2c(Cl)nncc12. The van der Waals surface area contributed by atoms with E-state index in [-0.39, 0.29) is 0 Å². The molecule has 1 aliphatic rings. The summed E-state index contributed by atoms with van der Waals surface area (Å²) in [5.41, 5.74) is 3.65. The van der Waals surface area contributed by atoms with E-state index in [0.717, 1.165) is 23.4 Å². The molecule has 2 aromatic heterocycles. The van der Waals surface area contributed by atoms with Crippen LogP contribution in [0.4, 0.5) is 0 Å². The van der Waals surface area contributed by atoms with Gasteiger partial charge in [0, 0.05) is 17.6 Å². The van der Waals surface area contributed by atoms with Crippen molar-refractivity contribution in [2.45, 2.75) is 52.5 Å². The zero-order valence-corrected chi connectivity index (χ0v) is 12.4. The number of aryl methyl sites for hydroxylation is 1.